The fourth-order valence-corrected chi connectivity index (χ4v) is 1.03. The maximum atomic E-state index is 11.0. The third-order valence-electron chi connectivity index (χ3n) is 1.97. The lowest BCUT2D eigenvalue weighted by Crippen LogP contribution is -2.46. The average molecular weight is 242 g/mol. The molecule has 0 saturated carbocycles. The molecule has 0 fully saturated rings. The molecule has 0 aromatic heterocycles. The highest BCUT2D eigenvalue weighted by Gasteiger charge is 2.26. The first-order chi connectivity index (χ1) is 6.40. The number of aliphatic carboxylic acids is 1. The van der Waals surface area contributed by atoms with Gasteiger partial charge in [0.05, 0.1) is 0 Å². The average Bonchev–Trinajstić information content (AvgIpc) is 2.11. The highest BCUT2D eigenvalue weighted by Crippen LogP contribution is 2.09. The van der Waals surface area contributed by atoms with E-state index in [1.807, 2.05) is 6.92 Å². The molecule has 0 rings (SSSR count). The molecule has 0 aliphatic rings. The molecule has 2 atom stereocenters. The molecule has 0 saturated heterocycles. The van der Waals surface area contributed by atoms with Crippen molar-refractivity contribution in [1.82, 2.24) is 5.32 Å². The molecule has 0 spiro atoms. The van der Waals surface area contributed by atoms with Gasteiger partial charge in [0.2, 0.25) is 0 Å². The van der Waals surface area contributed by atoms with E-state index in [9.17, 15) is 9.59 Å². The zero-order valence-corrected chi connectivity index (χ0v) is 9.47. The van der Waals surface area contributed by atoms with Crippen molar-refractivity contribution in [2.24, 2.45) is 5.92 Å². The number of amides is 1. The predicted octanol–water partition coefficient (Wildman–Crippen LogP) is 1.41. The van der Waals surface area contributed by atoms with E-state index in [1.54, 1.807) is 6.92 Å². The monoisotopic (exact) mass is 241 g/mol. The Balaban J connectivity index is 4.38. The van der Waals surface area contributed by atoms with E-state index >= 15 is 0 Å². The molecule has 0 radical (unpaired) electrons. The third-order valence-corrected chi connectivity index (χ3v) is 2.37. The number of carboxylic acid groups (broad SMARTS) is 1. The normalized spacial score (nSPS) is 14.9. The molecule has 0 unspecified atom stereocenters. The minimum absolute atomic E-state index is 0.163. The van der Waals surface area contributed by atoms with Crippen LogP contribution in [0.4, 0.5) is 0 Å². The predicted molar refractivity (Wildman–Crippen MR) is 54.5 cm³/mol. The van der Waals surface area contributed by atoms with Gasteiger partial charge in [-0.15, -0.1) is 0 Å². The van der Waals surface area contributed by atoms with Crippen molar-refractivity contribution < 1.29 is 14.7 Å². The van der Waals surface area contributed by atoms with Crippen molar-refractivity contribution in [1.29, 1.82) is 0 Å². The van der Waals surface area contributed by atoms with Crippen LogP contribution in [0.15, 0.2) is 0 Å². The summed E-state index contributed by atoms with van der Waals surface area (Å²) in [7, 11) is 0. The van der Waals surface area contributed by atoms with Crippen molar-refractivity contribution >= 4 is 35.1 Å². The molecule has 0 aliphatic heterocycles. The number of carbonyl (C=O) groups excluding carboxylic acids is 1. The Kier molecular flexibility index (Phi) is 5.88. The lowest BCUT2D eigenvalue weighted by atomic mass is 9.99. The summed E-state index contributed by atoms with van der Waals surface area (Å²) >= 11 is 10.6. The number of carboxylic acids is 1. The van der Waals surface area contributed by atoms with Crippen molar-refractivity contribution in [3.05, 3.63) is 0 Å². The molecule has 4 nitrogen and oxygen atoms in total. The standard InChI is InChI=1S/C8H13Cl2NO3/c1-3-4(2)5(8(13)14)11-7(12)6(9)10/h4-6H,3H2,1-2H3,(H,11,12)(H,13,14)/t4-,5+/m1/s1. The highest BCUT2D eigenvalue weighted by atomic mass is 35.5. The van der Waals surface area contributed by atoms with Crippen LogP contribution in [0.2, 0.25) is 0 Å². The minimum atomic E-state index is -1.24. The summed E-state index contributed by atoms with van der Waals surface area (Å²) in [5, 5.41) is 11.1. The van der Waals surface area contributed by atoms with Gasteiger partial charge in [0, 0.05) is 0 Å². The second-order valence-corrected chi connectivity index (χ2v) is 4.11. The van der Waals surface area contributed by atoms with Gasteiger partial charge in [0.1, 0.15) is 6.04 Å². The molecular formula is C8H13Cl2NO3. The zero-order valence-electron chi connectivity index (χ0n) is 7.96. The Morgan fingerprint density at radius 1 is 1.43 bits per heavy atom. The lowest BCUT2D eigenvalue weighted by molar-refractivity contribution is -0.143. The summed E-state index contributed by atoms with van der Waals surface area (Å²) in [6, 6.07) is -0.938. The summed E-state index contributed by atoms with van der Waals surface area (Å²) in [5.41, 5.74) is 0. The van der Waals surface area contributed by atoms with Crippen LogP contribution < -0.4 is 5.32 Å². The van der Waals surface area contributed by atoms with Gasteiger partial charge in [-0.3, -0.25) is 4.79 Å². The van der Waals surface area contributed by atoms with Gasteiger partial charge in [0.25, 0.3) is 5.91 Å². The number of nitrogens with one attached hydrogen (secondary N) is 1. The smallest absolute Gasteiger partial charge is 0.326 e. The highest BCUT2D eigenvalue weighted by molar-refractivity contribution is 6.53. The molecule has 0 heterocycles. The summed E-state index contributed by atoms with van der Waals surface area (Å²) in [6.45, 7) is 3.57. The molecule has 0 aliphatic carbocycles. The number of carbonyl (C=O) groups is 2. The van der Waals surface area contributed by atoms with Crippen LogP contribution in [0.3, 0.4) is 0 Å². The molecule has 0 aromatic carbocycles. The van der Waals surface area contributed by atoms with E-state index in [1.165, 1.54) is 0 Å². The summed E-state index contributed by atoms with van der Waals surface area (Å²) in [5.74, 6) is -1.92. The van der Waals surface area contributed by atoms with E-state index < -0.39 is 22.8 Å². The second-order valence-electron chi connectivity index (χ2n) is 3.01. The molecule has 1 amide bonds. The Hall–Kier alpha value is -0.480. The molecule has 0 bridgehead atoms. The van der Waals surface area contributed by atoms with Crippen molar-refractivity contribution in [2.75, 3.05) is 0 Å². The Morgan fingerprint density at radius 2 is 1.93 bits per heavy atom. The Bertz CT molecular complexity index is 221. The number of rotatable bonds is 5. The third kappa shape index (κ3) is 4.15. The number of hydrogen-bond acceptors (Lipinski definition) is 2. The van der Waals surface area contributed by atoms with Gasteiger partial charge in [0.15, 0.2) is 4.84 Å². The summed E-state index contributed by atoms with van der Waals surface area (Å²) in [6.07, 6.45) is 0.645. The largest absolute Gasteiger partial charge is 0.480 e. The van der Waals surface area contributed by atoms with E-state index in [-0.39, 0.29) is 5.92 Å². The van der Waals surface area contributed by atoms with Crippen molar-refractivity contribution in [2.45, 2.75) is 31.1 Å². The summed E-state index contributed by atoms with van der Waals surface area (Å²) < 4.78 is 0. The maximum Gasteiger partial charge on any atom is 0.326 e. The van der Waals surface area contributed by atoms with Crippen LogP contribution in [-0.4, -0.2) is 27.9 Å². The van der Waals surface area contributed by atoms with Gasteiger partial charge >= 0.3 is 5.97 Å². The van der Waals surface area contributed by atoms with Crippen LogP contribution >= 0.6 is 23.2 Å². The van der Waals surface area contributed by atoms with E-state index in [0.29, 0.717) is 6.42 Å². The van der Waals surface area contributed by atoms with Gasteiger partial charge in [-0.1, -0.05) is 43.5 Å². The number of hydrogen-bond donors (Lipinski definition) is 2. The molecule has 0 aromatic rings. The first-order valence-corrected chi connectivity index (χ1v) is 5.08. The van der Waals surface area contributed by atoms with Gasteiger partial charge in [-0.2, -0.15) is 0 Å². The molecular weight excluding hydrogens is 229 g/mol. The fourth-order valence-electron chi connectivity index (χ4n) is 0.899. The van der Waals surface area contributed by atoms with E-state index in [2.05, 4.69) is 5.32 Å². The quantitative estimate of drug-likeness (QED) is 0.716. The van der Waals surface area contributed by atoms with Gasteiger partial charge in [-0.25, -0.2) is 4.79 Å². The van der Waals surface area contributed by atoms with Crippen molar-refractivity contribution in [3.8, 4) is 0 Å². The lowest BCUT2D eigenvalue weighted by Gasteiger charge is -2.20. The molecule has 14 heavy (non-hydrogen) atoms. The van der Waals surface area contributed by atoms with Crippen LogP contribution in [0.5, 0.6) is 0 Å². The van der Waals surface area contributed by atoms with Crippen LogP contribution in [0.1, 0.15) is 20.3 Å². The maximum absolute atomic E-state index is 11.0. The van der Waals surface area contributed by atoms with E-state index in [0.717, 1.165) is 0 Å². The second kappa shape index (κ2) is 6.09. The van der Waals surface area contributed by atoms with Crippen LogP contribution in [-0.2, 0) is 9.59 Å². The molecule has 2 N–H and O–H groups in total. The summed E-state index contributed by atoms with van der Waals surface area (Å²) in [4.78, 5) is 20.6. The van der Waals surface area contributed by atoms with Gasteiger partial charge in [-0.05, 0) is 5.92 Å². The Labute approximate surface area is 92.6 Å². The van der Waals surface area contributed by atoms with Crippen LogP contribution in [0.25, 0.3) is 0 Å². The minimum Gasteiger partial charge on any atom is -0.480 e. The Morgan fingerprint density at radius 3 is 2.21 bits per heavy atom. The van der Waals surface area contributed by atoms with Crippen LogP contribution in [0, 0.1) is 5.92 Å². The first kappa shape index (κ1) is 13.5. The molecule has 82 valence electrons. The topological polar surface area (TPSA) is 66.4 Å². The van der Waals surface area contributed by atoms with Crippen molar-refractivity contribution in [3.63, 3.8) is 0 Å². The zero-order chi connectivity index (χ0) is 11.3. The fraction of sp³-hybridized carbons (Fsp3) is 0.750. The van der Waals surface area contributed by atoms with E-state index in [4.69, 9.17) is 28.3 Å². The SMILES string of the molecule is CC[C@@H](C)[C@H](NC(=O)C(Cl)Cl)C(=O)O. The molecule has 6 heteroatoms. The number of alkyl halides is 2. The first-order valence-electron chi connectivity index (χ1n) is 4.21. The number of halogens is 2. The van der Waals surface area contributed by atoms with Gasteiger partial charge < -0.3 is 10.4 Å².